The zero-order valence-corrected chi connectivity index (χ0v) is 19.1. The molecule has 0 bridgehead atoms. The van der Waals surface area contributed by atoms with E-state index in [0.717, 1.165) is 10.7 Å². The molecule has 7 nitrogen and oxygen atoms in total. The highest BCUT2D eigenvalue weighted by atomic mass is 35.5. The van der Waals surface area contributed by atoms with Crippen LogP contribution in [0, 0.1) is 5.92 Å². The summed E-state index contributed by atoms with van der Waals surface area (Å²) in [6.45, 7) is 4.21. The second-order valence-electron chi connectivity index (χ2n) is 7.04. The third-order valence-electron chi connectivity index (χ3n) is 4.39. The highest BCUT2D eigenvalue weighted by Gasteiger charge is 2.28. The molecule has 9 heteroatoms. The molecule has 2 rings (SSSR count). The summed E-state index contributed by atoms with van der Waals surface area (Å²) in [5.41, 5.74) is 0.327. The Morgan fingerprint density at radius 2 is 1.70 bits per heavy atom. The van der Waals surface area contributed by atoms with E-state index < -0.39 is 15.9 Å². The van der Waals surface area contributed by atoms with Crippen molar-refractivity contribution in [3.8, 4) is 11.5 Å². The maximum absolute atomic E-state index is 13.4. The summed E-state index contributed by atoms with van der Waals surface area (Å²) in [5.74, 6) is 0.708. The van der Waals surface area contributed by atoms with Crippen molar-refractivity contribution in [3.05, 3.63) is 47.5 Å². The zero-order valence-electron chi connectivity index (χ0n) is 17.5. The Morgan fingerprint density at radius 1 is 1.07 bits per heavy atom. The van der Waals surface area contributed by atoms with Crippen LogP contribution < -0.4 is 19.1 Å². The lowest BCUT2D eigenvalue weighted by molar-refractivity contribution is -0.119. The van der Waals surface area contributed by atoms with Gasteiger partial charge in [-0.2, -0.15) is 0 Å². The number of carbonyl (C=O) groups excluding carboxylic acids is 1. The minimum absolute atomic E-state index is 0.0231. The number of sulfonamides is 1. The predicted molar refractivity (Wildman–Crippen MR) is 118 cm³/mol. The second-order valence-corrected chi connectivity index (χ2v) is 9.34. The summed E-state index contributed by atoms with van der Waals surface area (Å²) in [6.07, 6.45) is 0.801. The van der Waals surface area contributed by atoms with Crippen LogP contribution in [-0.2, 0) is 14.8 Å². The molecule has 2 aromatic rings. The molecule has 0 unspecified atom stereocenters. The van der Waals surface area contributed by atoms with Gasteiger partial charge >= 0.3 is 0 Å². The fourth-order valence-corrected chi connectivity index (χ4v) is 4.28. The summed E-state index contributed by atoms with van der Waals surface area (Å²) >= 11 is 5.95. The molecule has 0 radical (unpaired) electrons. The van der Waals surface area contributed by atoms with Gasteiger partial charge in [-0.1, -0.05) is 25.4 Å². The highest BCUT2D eigenvalue weighted by Crippen LogP contribution is 2.32. The zero-order chi connectivity index (χ0) is 22.3. The molecule has 0 saturated heterocycles. The van der Waals surface area contributed by atoms with Crippen molar-refractivity contribution in [2.75, 3.05) is 31.6 Å². The lowest BCUT2D eigenvalue weighted by atomic mass is 10.1. The topological polar surface area (TPSA) is 84.9 Å². The average molecular weight is 455 g/mol. The fraction of sp³-hybridized carbons (Fsp3) is 0.381. The number of carbonyl (C=O) groups is 1. The van der Waals surface area contributed by atoms with E-state index in [1.807, 2.05) is 13.8 Å². The maximum Gasteiger partial charge on any atom is 0.264 e. The van der Waals surface area contributed by atoms with Gasteiger partial charge in [0.05, 0.1) is 24.8 Å². The van der Waals surface area contributed by atoms with Crippen LogP contribution in [0.3, 0.4) is 0 Å². The first-order valence-electron chi connectivity index (χ1n) is 9.46. The Kier molecular flexibility index (Phi) is 8.37. The molecule has 164 valence electrons. The van der Waals surface area contributed by atoms with Crippen molar-refractivity contribution in [1.82, 2.24) is 5.32 Å². The van der Waals surface area contributed by atoms with Gasteiger partial charge in [0.1, 0.15) is 6.54 Å². The molecule has 0 fully saturated rings. The van der Waals surface area contributed by atoms with Crippen LogP contribution in [0.25, 0.3) is 0 Å². The number of halogens is 1. The van der Waals surface area contributed by atoms with Crippen LogP contribution in [0.1, 0.15) is 20.3 Å². The molecule has 0 aliphatic rings. The Hall–Kier alpha value is -2.45. The van der Waals surface area contributed by atoms with E-state index >= 15 is 0 Å². The summed E-state index contributed by atoms with van der Waals surface area (Å²) in [4.78, 5) is 12.5. The molecule has 0 aliphatic carbocycles. The van der Waals surface area contributed by atoms with Crippen molar-refractivity contribution in [1.29, 1.82) is 0 Å². The molecule has 30 heavy (non-hydrogen) atoms. The van der Waals surface area contributed by atoms with Gasteiger partial charge in [0.2, 0.25) is 5.91 Å². The van der Waals surface area contributed by atoms with E-state index in [1.54, 1.807) is 24.3 Å². The molecular weight excluding hydrogens is 428 g/mol. The Bertz CT molecular complexity index is 962. The number of hydrogen-bond acceptors (Lipinski definition) is 5. The number of anilines is 1. The van der Waals surface area contributed by atoms with E-state index in [0.29, 0.717) is 28.9 Å². The van der Waals surface area contributed by atoms with Gasteiger partial charge in [-0.3, -0.25) is 9.10 Å². The normalized spacial score (nSPS) is 11.3. The molecule has 1 N–H and O–H groups in total. The maximum atomic E-state index is 13.4. The van der Waals surface area contributed by atoms with E-state index in [-0.39, 0.29) is 17.2 Å². The number of ether oxygens (including phenoxy) is 2. The third-order valence-corrected chi connectivity index (χ3v) is 6.41. The lowest BCUT2D eigenvalue weighted by Gasteiger charge is -2.24. The van der Waals surface area contributed by atoms with Crippen molar-refractivity contribution >= 4 is 33.2 Å². The van der Waals surface area contributed by atoms with Crippen molar-refractivity contribution in [3.63, 3.8) is 0 Å². The minimum Gasteiger partial charge on any atom is -0.493 e. The van der Waals surface area contributed by atoms with Gasteiger partial charge in [0, 0.05) is 17.6 Å². The van der Waals surface area contributed by atoms with Gasteiger partial charge in [-0.25, -0.2) is 8.42 Å². The van der Waals surface area contributed by atoms with Gasteiger partial charge in [0.25, 0.3) is 10.0 Å². The molecule has 0 atom stereocenters. The minimum atomic E-state index is -4.07. The van der Waals surface area contributed by atoms with Crippen LogP contribution in [-0.4, -0.2) is 41.6 Å². The first-order chi connectivity index (χ1) is 14.2. The van der Waals surface area contributed by atoms with Crippen LogP contribution in [0.4, 0.5) is 5.69 Å². The van der Waals surface area contributed by atoms with Crippen LogP contribution >= 0.6 is 11.6 Å². The molecule has 1 amide bonds. The molecule has 0 heterocycles. The number of benzene rings is 2. The number of amides is 1. The lowest BCUT2D eigenvalue weighted by Crippen LogP contribution is -2.41. The van der Waals surface area contributed by atoms with Crippen LogP contribution in [0.5, 0.6) is 11.5 Å². The van der Waals surface area contributed by atoms with Gasteiger partial charge in [0.15, 0.2) is 11.5 Å². The molecular formula is C21H27ClN2O5S. The van der Waals surface area contributed by atoms with Crippen molar-refractivity contribution < 1.29 is 22.7 Å². The number of nitrogens with one attached hydrogen (secondary N) is 1. The van der Waals surface area contributed by atoms with E-state index in [9.17, 15) is 13.2 Å². The van der Waals surface area contributed by atoms with Crippen molar-refractivity contribution in [2.24, 2.45) is 5.92 Å². The largest absolute Gasteiger partial charge is 0.493 e. The number of hydrogen-bond donors (Lipinski definition) is 1. The fourth-order valence-electron chi connectivity index (χ4n) is 2.71. The number of methoxy groups -OCH3 is 2. The predicted octanol–water partition coefficient (Wildman–Crippen LogP) is 3.71. The molecule has 0 aliphatic heterocycles. The van der Waals surface area contributed by atoms with Gasteiger partial charge < -0.3 is 14.8 Å². The van der Waals surface area contributed by atoms with E-state index in [1.165, 1.54) is 32.4 Å². The SMILES string of the molecule is COc1ccc(S(=O)(=O)N(CC(=O)NCCC(C)C)c2ccc(Cl)cc2)cc1OC. The van der Waals surface area contributed by atoms with Gasteiger partial charge in [-0.05, 0) is 48.7 Å². The molecule has 0 spiro atoms. The quantitative estimate of drug-likeness (QED) is 0.591. The van der Waals surface area contributed by atoms with Crippen LogP contribution in [0.15, 0.2) is 47.4 Å². The summed E-state index contributed by atoms with van der Waals surface area (Å²) in [5, 5.41) is 3.24. The number of rotatable bonds is 10. The number of nitrogens with zero attached hydrogens (tertiary/aromatic N) is 1. The Balaban J connectivity index is 2.39. The van der Waals surface area contributed by atoms with Crippen LogP contribution in [0.2, 0.25) is 5.02 Å². The summed E-state index contributed by atoms with van der Waals surface area (Å²) < 4.78 is 38.3. The Morgan fingerprint density at radius 3 is 2.27 bits per heavy atom. The monoisotopic (exact) mass is 454 g/mol. The average Bonchev–Trinajstić information content (AvgIpc) is 2.71. The van der Waals surface area contributed by atoms with Gasteiger partial charge in [-0.15, -0.1) is 0 Å². The first kappa shape index (κ1) is 23.8. The Labute approximate surface area is 183 Å². The van der Waals surface area contributed by atoms with Crippen molar-refractivity contribution in [2.45, 2.75) is 25.2 Å². The summed E-state index contributed by atoms with van der Waals surface area (Å²) in [7, 11) is -1.18. The van der Waals surface area contributed by atoms with E-state index in [2.05, 4.69) is 5.32 Å². The smallest absolute Gasteiger partial charge is 0.264 e. The third kappa shape index (κ3) is 6.03. The highest BCUT2D eigenvalue weighted by molar-refractivity contribution is 7.92. The summed E-state index contributed by atoms with van der Waals surface area (Å²) in [6, 6.07) is 10.6. The standard InChI is InChI=1S/C21H27ClN2O5S/c1-15(2)11-12-23-21(25)14-24(17-7-5-16(22)6-8-17)30(26,27)18-9-10-19(28-3)20(13-18)29-4/h5-10,13,15H,11-12,14H2,1-4H3,(H,23,25). The second kappa shape index (κ2) is 10.5. The first-order valence-corrected chi connectivity index (χ1v) is 11.3. The molecule has 0 saturated carbocycles. The molecule has 0 aromatic heterocycles. The van der Waals surface area contributed by atoms with E-state index in [4.69, 9.17) is 21.1 Å². The molecule has 2 aromatic carbocycles.